The molecule has 0 saturated carbocycles. The van der Waals surface area contributed by atoms with Gasteiger partial charge in [-0.05, 0) is 48.2 Å². The molecule has 4 aromatic rings. The molecule has 0 unspecified atom stereocenters. The Morgan fingerprint density at radius 1 is 1.03 bits per heavy atom. The molecule has 0 saturated heterocycles. The van der Waals surface area contributed by atoms with Gasteiger partial charge in [-0.1, -0.05) is 53.2 Å². The second-order valence-electron chi connectivity index (χ2n) is 7.87. The van der Waals surface area contributed by atoms with E-state index < -0.39 is 26.7 Å². The van der Waals surface area contributed by atoms with Gasteiger partial charge < -0.3 is 15.2 Å². The normalized spacial score (nSPS) is 11.4. The van der Waals surface area contributed by atoms with Crippen molar-refractivity contribution in [3.05, 3.63) is 81.8 Å². The molecule has 0 radical (unpaired) electrons. The van der Waals surface area contributed by atoms with E-state index in [1.165, 1.54) is 32.2 Å². The molecule has 38 heavy (non-hydrogen) atoms. The number of nitrogens with zero attached hydrogens (tertiary/aromatic N) is 2. The van der Waals surface area contributed by atoms with E-state index in [1.807, 2.05) is 0 Å². The Morgan fingerprint density at radius 3 is 2.42 bits per heavy atom. The molecule has 2 N–H and O–H groups in total. The number of methoxy groups -OCH3 is 1. The predicted molar refractivity (Wildman–Crippen MR) is 140 cm³/mol. The Labute approximate surface area is 250 Å². The number of amides is 1. The maximum absolute atomic E-state index is 13.4. The summed E-state index contributed by atoms with van der Waals surface area (Å²) in [6.45, 7) is 1.54. The van der Waals surface area contributed by atoms with Crippen LogP contribution in [-0.4, -0.2) is 26.0 Å². The molecule has 0 aliphatic carbocycles. The molecule has 0 atom stereocenters. The van der Waals surface area contributed by atoms with Crippen LogP contribution in [0.2, 0.25) is 10.0 Å². The number of hydrogen-bond donors (Lipinski definition) is 2. The average Bonchev–Trinajstić information content (AvgIpc) is 2.85. The molecule has 4 aromatic carbocycles. The van der Waals surface area contributed by atoms with Gasteiger partial charge in [-0.2, -0.15) is 18.6 Å². The van der Waals surface area contributed by atoms with Gasteiger partial charge in [0.2, 0.25) is 0 Å². The van der Waals surface area contributed by atoms with Crippen molar-refractivity contribution in [2.75, 3.05) is 12.4 Å². The summed E-state index contributed by atoms with van der Waals surface area (Å²) in [5.41, 5.74) is 0.460. The Hall–Kier alpha value is -2.70. The minimum absolute atomic E-state index is 0. The third-order valence-electron chi connectivity index (χ3n) is 5.43. The largest absolute Gasteiger partial charge is 1.00 e. The van der Waals surface area contributed by atoms with Crippen molar-refractivity contribution in [3.63, 3.8) is 0 Å². The maximum atomic E-state index is 13.4. The molecule has 0 bridgehead atoms. The first-order valence-electron chi connectivity index (χ1n) is 10.6. The zero-order valence-electron chi connectivity index (χ0n) is 20.3. The van der Waals surface area contributed by atoms with Crippen molar-refractivity contribution in [3.8, 4) is 11.5 Å². The van der Waals surface area contributed by atoms with E-state index in [4.69, 9.17) is 27.9 Å². The zero-order valence-corrected chi connectivity index (χ0v) is 24.6. The number of rotatable bonds is 6. The molecule has 0 aliphatic rings. The summed E-state index contributed by atoms with van der Waals surface area (Å²) in [5.74, 6) is -0.930. The Kier molecular flexibility index (Phi) is 9.43. The molecule has 0 heterocycles. The molecule has 190 valence electrons. The van der Waals surface area contributed by atoms with Gasteiger partial charge in [-0.25, -0.2) is 0 Å². The van der Waals surface area contributed by atoms with Crippen LogP contribution in [0, 0.1) is 6.92 Å². The molecule has 0 spiro atoms. The predicted octanol–water partition coefficient (Wildman–Crippen LogP) is 3.46. The number of carbonyl (C=O) groups excluding carboxylic acids is 1. The van der Waals surface area contributed by atoms with Crippen molar-refractivity contribution >= 4 is 67.1 Å². The SMILES string of the molecule is COc1ccc(Cl)c(NC(=O)c2cc3ccccc3c(N=Nc3cc(Cl)c(S(=O)(=O)O)cc3C)c2[O-])c1.[Na+]. The third-order valence-corrected chi connectivity index (χ3v) is 7.08. The van der Waals surface area contributed by atoms with Crippen LogP contribution < -0.4 is 44.7 Å². The minimum atomic E-state index is -4.54. The molecule has 1 amide bonds. The van der Waals surface area contributed by atoms with Gasteiger partial charge in [-0.15, -0.1) is 0 Å². The molecule has 0 fully saturated rings. The minimum Gasteiger partial charge on any atom is -0.870 e. The number of halogens is 2. The first kappa shape index (κ1) is 29.9. The van der Waals surface area contributed by atoms with Crippen molar-refractivity contribution < 1.29 is 57.2 Å². The van der Waals surface area contributed by atoms with Crippen LogP contribution in [0.1, 0.15) is 15.9 Å². The summed E-state index contributed by atoms with van der Waals surface area (Å²) >= 11 is 12.2. The van der Waals surface area contributed by atoms with Crippen LogP contribution in [0.4, 0.5) is 17.1 Å². The van der Waals surface area contributed by atoms with Crippen molar-refractivity contribution in [2.45, 2.75) is 11.8 Å². The van der Waals surface area contributed by atoms with Gasteiger partial charge in [-0.3, -0.25) is 9.35 Å². The van der Waals surface area contributed by atoms with Gasteiger partial charge in [0.05, 0.1) is 34.2 Å². The molecule has 4 rings (SSSR count). The third kappa shape index (κ3) is 6.29. The van der Waals surface area contributed by atoms with Gasteiger partial charge in [0.15, 0.2) is 0 Å². The van der Waals surface area contributed by atoms with E-state index in [0.717, 1.165) is 6.07 Å². The summed E-state index contributed by atoms with van der Waals surface area (Å²) in [7, 11) is -3.07. The van der Waals surface area contributed by atoms with E-state index in [-0.39, 0.29) is 62.2 Å². The van der Waals surface area contributed by atoms with Crippen LogP contribution in [0.25, 0.3) is 10.8 Å². The summed E-state index contributed by atoms with van der Waals surface area (Å²) in [6.07, 6.45) is 0. The summed E-state index contributed by atoms with van der Waals surface area (Å²) in [6, 6.07) is 15.3. The number of azo groups is 1. The van der Waals surface area contributed by atoms with Gasteiger partial charge in [0, 0.05) is 17.0 Å². The summed E-state index contributed by atoms with van der Waals surface area (Å²) in [4.78, 5) is 12.6. The fourth-order valence-electron chi connectivity index (χ4n) is 3.55. The fraction of sp³-hybridized carbons (Fsp3) is 0.0800. The number of fused-ring (bicyclic) bond motifs is 1. The molecule has 13 heteroatoms. The van der Waals surface area contributed by atoms with Crippen molar-refractivity contribution in [2.24, 2.45) is 10.2 Å². The van der Waals surface area contributed by atoms with E-state index in [1.54, 1.807) is 36.4 Å². The number of aryl methyl sites for hydroxylation is 1. The van der Waals surface area contributed by atoms with Crippen molar-refractivity contribution in [1.82, 2.24) is 0 Å². The Bertz CT molecular complexity index is 1700. The van der Waals surface area contributed by atoms with Gasteiger partial charge in [0.25, 0.3) is 16.0 Å². The maximum Gasteiger partial charge on any atom is 1.00 e. The van der Waals surface area contributed by atoms with E-state index in [0.29, 0.717) is 22.1 Å². The monoisotopic (exact) mass is 581 g/mol. The Balaban J connectivity index is 0.00000400. The average molecular weight is 582 g/mol. The van der Waals surface area contributed by atoms with Gasteiger partial charge in [0.1, 0.15) is 10.6 Å². The topological polar surface area (TPSA) is 140 Å². The molecule has 0 aliphatic heterocycles. The number of ether oxygens (including phenoxy) is 1. The Morgan fingerprint density at radius 2 is 1.74 bits per heavy atom. The molecule has 9 nitrogen and oxygen atoms in total. The molecular formula is C25H18Cl2N3NaO6S. The molecule has 0 aromatic heterocycles. The van der Waals surface area contributed by atoms with Crippen molar-refractivity contribution in [1.29, 1.82) is 0 Å². The van der Waals surface area contributed by atoms with Crippen LogP contribution >= 0.6 is 23.2 Å². The van der Waals surface area contributed by atoms with E-state index >= 15 is 0 Å². The second-order valence-corrected chi connectivity index (χ2v) is 10.1. The number of hydrogen-bond acceptors (Lipinski definition) is 7. The van der Waals surface area contributed by atoms with Crippen LogP contribution in [0.15, 0.2) is 75.8 Å². The van der Waals surface area contributed by atoms with Crippen LogP contribution in [0.3, 0.4) is 0 Å². The van der Waals surface area contributed by atoms with Crippen LogP contribution in [-0.2, 0) is 10.1 Å². The number of benzene rings is 4. The second kappa shape index (κ2) is 12.0. The fourth-order valence-corrected chi connectivity index (χ4v) is 4.79. The number of anilines is 1. The zero-order chi connectivity index (χ0) is 26.9. The summed E-state index contributed by atoms with van der Waals surface area (Å²) in [5, 5.41) is 25.2. The quantitative estimate of drug-likeness (QED) is 0.203. The van der Waals surface area contributed by atoms with Gasteiger partial charge >= 0.3 is 29.6 Å². The first-order valence-corrected chi connectivity index (χ1v) is 12.8. The van der Waals surface area contributed by atoms with E-state index in [2.05, 4.69) is 15.5 Å². The number of nitrogens with one attached hydrogen (secondary N) is 1. The van der Waals surface area contributed by atoms with Crippen LogP contribution in [0.5, 0.6) is 11.5 Å². The first-order chi connectivity index (χ1) is 17.5. The smallest absolute Gasteiger partial charge is 0.870 e. The van der Waals surface area contributed by atoms with E-state index in [9.17, 15) is 22.9 Å². The number of carbonyl (C=O) groups is 1. The molecular weight excluding hydrogens is 564 g/mol. The summed E-state index contributed by atoms with van der Waals surface area (Å²) < 4.78 is 37.5. The standard InChI is InChI=1S/C25H19Cl2N3O6S.Na/c1-13-9-22(37(33,34)35)19(27)12-20(13)29-30-23-16-6-4-3-5-14(16)10-17(24(23)31)25(32)28-21-11-15(36-2)7-8-18(21)26;/h3-12,31H,1-2H3,(H,28,32)(H,33,34,35);/q;+1/p-1.